The molecule has 3 aromatic rings. The van der Waals surface area contributed by atoms with Gasteiger partial charge in [-0.05, 0) is 24.3 Å². The molecule has 1 aliphatic rings. The number of aromatic hydroxyl groups is 1. The lowest BCUT2D eigenvalue weighted by molar-refractivity contribution is 0.246. The number of phenols is 1. The second-order valence-corrected chi connectivity index (χ2v) is 6.85. The summed E-state index contributed by atoms with van der Waals surface area (Å²) in [7, 11) is 0. The third kappa shape index (κ3) is 3.38. The van der Waals surface area contributed by atoms with Crippen molar-refractivity contribution in [1.29, 1.82) is 0 Å². The summed E-state index contributed by atoms with van der Waals surface area (Å²) in [6.07, 6.45) is 1.58. The Bertz CT molecular complexity index is 996. The van der Waals surface area contributed by atoms with E-state index in [-0.39, 0.29) is 5.56 Å². The second kappa shape index (κ2) is 6.97. The predicted molar refractivity (Wildman–Crippen MR) is 102 cm³/mol. The van der Waals surface area contributed by atoms with Crippen molar-refractivity contribution < 1.29 is 5.11 Å². The zero-order valence-electron chi connectivity index (χ0n) is 14.2. The van der Waals surface area contributed by atoms with Gasteiger partial charge >= 0.3 is 0 Å². The van der Waals surface area contributed by atoms with E-state index in [9.17, 15) is 9.90 Å². The summed E-state index contributed by atoms with van der Waals surface area (Å²) in [6.45, 7) is 3.95. The minimum Gasteiger partial charge on any atom is -0.506 e. The van der Waals surface area contributed by atoms with Gasteiger partial charge in [0.1, 0.15) is 11.4 Å². The Morgan fingerprint density at radius 1 is 1.08 bits per heavy atom. The Kier molecular flexibility index (Phi) is 4.53. The molecule has 1 aromatic carbocycles. The van der Waals surface area contributed by atoms with Crippen LogP contribution in [-0.4, -0.2) is 45.6 Å². The smallest absolute Gasteiger partial charge is 0.258 e. The molecule has 1 fully saturated rings. The van der Waals surface area contributed by atoms with E-state index < -0.39 is 0 Å². The van der Waals surface area contributed by atoms with Crippen LogP contribution in [0.3, 0.4) is 0 Å². The summed E-state index contributed by atoms with van der Waals surface area (Å²) < 4.78 is 1.46. The highest BCUT2D eigenvalue weighted by atomic mass is 35.5. The molecule has 0 amide bonds. The fourth-order valence-corrected chi connectivity index (χ4v) is 3.48. The van der Waals surface area contributed by atoms with Crippen LogP contribution in [0.1, 0.15) is 5.69 Å². The minimum atomic E-state index is -0.125. The van der Waals surface area contributed by atoms with Gasteiger partial charge in [0.05, 0.1) is 16.4 Å². The van der Waals surface area contributed by atoms with E-state index in [1.165, 1.54) is 4.40 Å². The van der Waals surface area contributed by atoms with Crippen LogP contribution in [0.2, 0.25) is 5.02 Å². The maximum absolute atomic E-state index is 12.3. The third-order valence-electron chi connectivity index (χ3n) is 4.66. The second-order valence-electron chi connectivity index (χ2n) is 6.41. The number of anilines is 1. The van der Waals surface area contributed by atoms with Gasteiger partial charge in [-0.2, -0.15) is 0 Å². The van der Waals surface area contributed by atoms with Crippen LogP contribution >= 0.6 is 11.6 Å². The minimum absolute atomic E-state index is 0.125. The molecule has 0 spiro atoms. The van der Waals surface area contributed by atoms with E-state index in [2.05, 4.69) is 14.8 Å². The van der Waals surface area contributed by atoms with Gasteiger partial charge in [0.15, 0.2) is 0 Å². The van der Waals surface area contributed by atoms with Gasteiger partial charge in [-0.25, -0.2) is 4.98 Å². The zero-order chi connectivity index (χ0) is 18.1. The van der Waals surface area contributed by atoms with Gasteiger partial charge in [-0.15, -0.1) is 0 Å². The van der Waals surface area contributed by atoms with Gasteiger partial charge in [-0.1, -0.05) is 23.7 Å². The van der Waals surface area contributed by atoms with Gasteiger partial charge in [0.25, 0.3) is 5.56 Å². The molecule has 1 aliphatic heterocycles. The van der Waals surface area contributed by atoms with Gasteiger partial charge in [-0.3, -0.25) is 14.1 Å². The molecule has 0 atom stereocenters. The molecule has 6 nitrogen and oxygen atoms in total. The number of pyridine rings is 1. The quantitative estimate of drug-likeness (QED) is 0.767. The highest BCUT2D eigenvalue weighted by Gasteiger charge is 2.19. The van der Waals surface area contributed by atoms with Crippen LogP contribution in [-0.2, 0) is 6.54 Å². The fourth-order valence-electron chi connectivity index (χ4n) is 3.31. The van der Waals surface area contributed by atoms with Crippen LogP contribution < -0.4 is 10.5 Å². The van der Waals surface area contributed by atoms with Crippen molar-refractivity contribution in [2.24, 2.45) is 0 Å². The average molecular weight is 371 g/mol. The number of nitrogens with zero attached hydrogens (tertiary/aromatic N) is 4. The average Bonchev–Trinajstić information content (AvgIpc) is 2.64. The number of para-hydroxylation sites is 2. The zero-order valence-corrected chi connectivity index (χ0v) is 14.9. The van der Waals surface area contributed by atoms with Crippen molar-refractivity contribution in [3.05, 3.63) is 69.7 Å². The summed E-state index contributed by atoms with van der Waals surface area (Å²) in [6, 6.07) is 12.5. The van der Waals surface area contributed by atoms with Crippen LogP contribution in [0.5, 0.6) is 5.75 Å². The summed E-state index contributed by atoms with van der Waals surface area (Å²) >= 11 is 5.94. The van der Waals surface area contributed by atoms with Crippen LogP contribution in [0, 0.1) is 0 Å². The van der Waals surface area contributed by atoms with E-state index in [1.807, 2.05) is 18.2 Å². The Labute approximate surface area is 155 Å². The summed E-state index contributed by atoms with van der Waals surface area (Å²) in [5, 5.41) is 10.5. The molecule has 2 aromatic heterocycles. The van der Waals surface area contributed by atoms with Crippen molar-refractivity contribution in [1.82, 2.24) is 14.3 Å². The first-order chi connectivity index (χ1) is 12.6. The summed E-state index contributed by atoms with van der Waals surface area (Å²) in [5.41, 5.74) is 2.10. The van der Waals surface area contributed by atoms with E-state index in [0.717, 1.165) is 37.6 Å². The Morgan fingerprint density at radius 2 is 1.85 bits per heavy atom. The van der Waals surface area contributed by atoms with Gasteiger partial charge in [0, 0.05) is 45.0 Å². The number of benzene rings is 1. The lowest BCUT2D eigenvalue weighted by Crippen LogP contribution is -2.46. The van der Waals surface area contributed by atoms with Crippen LogP contribution in [0.4, 0.5) is 5.69 Å². The Balaban J connectivity index is 1.46. The van der Waals surface area contributed by atoms with Gasteiger partial charge in [0.2, 0.25) is 0 Å². The number of hydrogen-bond donors (Lipinski definition) is 1. The van der Waals surface area contributed by atoms with Crippen molar-refractivity contribution >= 4 is 22.9 Å². The van der Waals surface area contributed by atoms with E-state index in [1.54, 1.807) is 30.5 Å². The summed E-state index contributed by atoms with van der Waals surface area (Å²) in [4.78, 5) is 21.3. The molecule has 0 unspecified atom stereocenters. The standard InChI is InChI=1S/C19H19ClN4O2/c20-14-5-6-18-21-15(11-19(26)24(18)12-14)13-22-7-9-23(10-8-22)16-3-1-2-4-17(16)25/h1-6,11-12,25H,7-10,13H2. The number of fused-ring (bicyclic) bond motifs is 1. The maximum Gasteiger partial charge on any atom is 0.258 e. The van der Waals surface area contributed by atoms with Crippen LogP contribution in [0.25, 0.3) is 5.65 Å². The first-order valence-electron chi connectivity index (χ1n) is 8.53. The number of rotatable bonds is 3. The topological polar surface area (TPSA) is 61.1 Å². The molecule has 0 saturated carbocycles. The molecule has 1 N–H and O–H groups in total. The first kappa shape index (κ1) is 16.9. The predicted octanol–water partition coefficient (Wildman–Crippen LogP) is 2.38. The van der Waals surface area contributed by atoms with Crippen molar-refractivity contribution in [3.8, 4) is 5.75 Å². The van der Waals surface area contributed by atoms with E-state index in [0.29, 0.717) is 23.0 Å². The highest BCUT2D eigenvalue weighted by molar-refractivity contribution is 6.30. The Morgan fingerprint density at radius 3 is 2.62 bits per heavy atom. The fraction of sp³-hybridized carbons (Fsp3) is 0.263. The van der Waals surface area contributed by atoms with Crippen molar-refractivity contribution in [3.63, 3.8) is 0 Å². The van der Waals surface area contributed by atoms with Gasteiger partial charge < -0.3 is 10.0 Å². The molecule has 0 bridgehead atoms. The van der Waals surface area contributed by atoms with Crippen LogP contribution in [0.15, 0.2) is 53.5 Å². The molecule has 134 valence electrons. The molecular formula is C19H19ClN4O2. The normalized spacial score (nSPS) is 15.5. The molecule has 1 saturated heterocycles. The molecule has 0 radical (unpaired) electrons. The molecular weight excluding hydrogens is 352 g/mol. The third-order valence-corrected chi connectivity index (χ3v) is 4.88. The highest BCUT2D eigenvalue weighted by Crippen LogP contribution is 2.27. The van der Waals surface area contributed by atoms with E-state index in [4.69, 9.17) is 11.6 Å². The summed E-state index contributed by atoms with van der Waals surface area (Å²) in [5.74, 6) is 0.309. The Hall–Kier alpha value is -2.57. The number of aromatic nitrogens is 2. The number of halogens is 1. The lowest BCUT2D eigenvalue weighted by Gasteiger charge is -2.36. The van der Waals surface area contributed by atoms with Crippen molar-refractivity contribution in [2.45, 2.75) is 6.54 Å². The molecule has 7 heteroatoms. The molecule has 4 rings (SSSR count). The number of phenolic OH excluding ortho intramolecular Hbond substituents is 1. The molecule has 26 heavy (non-hydrogen) atoms. The maximum atomic E-state index is 12.3. The SMILES string of the molecule is O=c1cc(CN2CCN(c3ccccc3O)CC2)nc2ccc(Cl)cn12. The van der Waals surface area contributed by atoms with Crippen molar-refractivity contribution in [2.75, 3.05) is 31.1 Å². The molecule has 0 aliphatic carbocycles. The largest absolute Gasteiger partial charge is 0.506 e. The lowest BCUT2D eigenvalue weighted by atomic mass is 10.2. The number of piperazine rings is 1. The monoisotopic (exact) mass is 370 g/mol. The first-order valence-corrected chi connectivity index (χ1v) is 8.91. The molecule has 3 heterocycles. The number of hydrogen-bond acceptors (Lipinski definition) is 5. The van der Waals surface area contributed by atoms with E-state index >= 15 is 0 Å².